The number of ether oxygens (including phenoxy) is 1. The van der Waals surface area contributed by atoms with Crippen molar-refractivity contribution in [2.45, 2.75) is 18.9 Å². The van der Waals surface area contributed by atoms with Gasteiger partial charge in [-0.15, -0.1) is 0 Å². The number of likely N-dealkylation sites (tertiary alicyclic amines) is 1. The van der Waals surface area contributed by atoms with Crippen LogP contribution >= 0.6 is 0 Å². The molecule has 0 aliphatic carbocycles. The van der Waals surface area contributed by atoms with Gasteiger partial charge in [0, 0.05) is 6.04 Å². The molecule has 2 nitrogen and oxygen atoms in total. The molecule has 0 bridgehead atoms. The first-order valence-electron chi connectivity index (χ1n) is 5.15. The molecule has 0 saturated carbocycles. The molecule has 0 amide bonds. The summed E-state index contributed by atoms with van der Waals surface area (Å²) in [5, 5.41) is 0. The van der Waals surface area contributed by atoms with E-state index in [4.69, 9.17) is 4.74 Å². The largest absolute Gasteiger partial charge is 0.497 e. The highest BCUT2D eigenvalue weighted by molar-refractivity contribution is 5.30. The van der Waals surface area contributed by atoms with E-state index in [1.807, 2.05) is 6.07 Å². The molecule has 1 aliphatic heterocycles. The second kappa shape index (κ2) is 4.01. The van der Waals surface area contributed by atoms with Crippen molar-refractivity contribution in [2.75, 3.05) is 20.7 Å². The molecule has 1 aromatic carbocycles. The number of methoxy groups -OCH3 is 1. The molecule has 2 rings (SSSR count). The smallest absolute Gasteiger partial charge is 0.119 e. The highest BCUT2D eigenvalue weighted by atomic mass is 16.5. The lowest BCUT2D eigenvalue weighted by Crippen LogP contribution is -2.17. The normalized spacial score (nSPS) is 22.6. The second-order valence-electron chi connectivity index (χ2n) is 3.92. The van der Waals surface area contributed by atoms with E-state index in [1.165, 1.54) is 24.9 Å². The zero-order chi connectivity index (χ0) is 9.97. The van der Waals surface area contributed by atoms with Crippen LogP contribution in [0.2, 0.25) is 0 Å². The van der Waals surface area contributed by atoms with Gasteiger partial charge < -0.3 is 4.74 Å². The van der Waals surface area contributed by atoms with Gasteiger partial charge in [-0.2, -0.15) is 0 Å². The van der Waals surface area contributed by atoms with Gasteiger partial charge >= 0.3 is 0 Å². The molecule has 0 radical (unpaired) electrons. The Hall–Kier alpha value is -1.02. The fourth-order valence-corrected chi connectivity index (χ4v) is 2.18. The fraction of sp³-hybridized carbons (Fsp3) is 0.500. The summed E-state index contributed by atoms with van der Waals surface area (Å²) in [4.78, 5) is 2.41. The molecule has 0 aromatic heterocycles. The Morgan fingerprint density at radius 1 is 1.43 bits per heavy atom. The number of hydrogen-bond acceptors (Lipinski definition) is 2. The zero-order valence-corrected chi connectivity index (χ0v) is 8.86. The molecule has 14 heavy (non-hydrogen) atoms. The van der Waals surface area contributed by atoms with Crippen LogP contribution in [-0.4, -0.2) is 25.6 Å². The van der Waals surface area contributed by atoms with Crippen molar-refractivity contribution in [3.63, 3.8) is 0 Å². The molecule has 1 aliphatic rings. The highest BCUT2D eigenvalue weighted by Gasteiger charge is 2.22. The molecular weight excluding hydrogens is 174 g/mol. The minimum Gasteiger partial charge on any atom is -0.497 e. The molecule has 1 fully saturated rings. The van der Waals surface area contributed by atoms with Crippen molar-refractivity contribution in [3.05, 3.63) is 29.8 Å². The molecule has 1 saturated heterocycles. The van der Waals surface area contributed by atoms with Crippen LogP contribution in [0.5, 0.6) is 5.75 Å². The summed E-state index contributed by atoms with van der Waals surface area (Å²) in [5.74, 6) is 0.961. The lowest BCUT2D eigenvalue weighted by atomic mass is 10.0. The van der Waals surface area contributed by atoms with Crippen LogP contribution in [-0.2, 0) is 0 Å². The quantitative estimate of drug-likeness (QED) is 0.712. The Morgan fingerprint density at radius 2 is 2.29 bits per heavy atom. The van der Waals surface area contributed by atoms with E-state index in [0.29, 0.717) is 6.04 Å². The average molecular weight is 191 g/mol. The molecule has 1 aromatic rings. The van der Waals surface area contributed by atoms with Gasteiger partial charge in [0.15, 0.2) is 0 Å². The molecule has 1 atom stereocenters. The van der Waals surface area contributed by atoms with Gasteiger partial charge in [-0.05, 0) is 44.1 Å². The summed E-state index contributed by atoms with van der Waals surface area (Å²) in [5.41, 5.74) is 1.38. The topological polar surface area (TPSA) is 12.5 Å². The van der Waals surface area contributed by atoms with Gasteiger partial charge in [0.05, 0.1) is 7.11 Å². The summed E-state index contributed by atoms with van der Waals surface area (Å²) >= 11 is 0. The van der Waals surface area contributed by atoms with Crippen LogP contribution < -0.4 is 4.74 Å². The van der Waals surface area contributed by atoms with Gasteiger partial charge in [-0.3, -0.25) is 4.90 Å². The molecule has 0 unspecified atom stereocenters. The lowest BCUT2D eigenvalue weighted by molar-refractivity contribution is 0.316. The maximum atomic E-state index is 5.23. The van der Waals surface area contributed by atoms with Gasteiger partial charge in [-0.1, -0.05) is 12.1 Å². The van der Waals surface area contributed by atoms with E-state index in [-0.39, 0.29) is 0 Å². The second-order valence-corrected chi connectivity index (χ2v) is 3.92. The Bertz CT molecular complexity index is 311. The van der Waals surface area contributed by atoms with Crippen molar-refractivity contribution in [3.8, 4) is 5.75 Å². The lowest BCUT2D eigenvalue weighted by Gasteiger charge is -2.20. The van der Waals surface area contributed by atoms with Gasteiger partial charge in [0.25, 0.3) is 0 Å². The van der Waals surface area contributed by atoms with E-state index in [0.717, 1.165) is 5.75 Å². The number of nitrogens with zero attached hydrogens (tertiary/aromatic N) is 1. The number of benzene rings is 1. The predicted octanol–water partition coefficient (Wildman–Crippen LogP) is 2.46. The summed E-state index contributed by atoms with van der Waals surface area (Å²) in [6.45, 7) is 1.21. The monoisotopic (exact) mass is 191 g/mol. The summed E-state index contributed by atoms with van der Waals surface area (Å²) in [6.07, 6.45) is 2.57. The van der Waals surface area contributed by atoms with E-state index in [1.54, 1.807) is 7.11 Å². The fourth-order valence-electron chi connectivity index (χ4n) is 2.18. The molecular formula is C12H17NO. The number of hydrogen-bond donors (Lipinski definition) is 0. The Kier molecular flexibility index (Phi) is 2.73. The first-order chi connectivity index (χ1) is 6.81. The molecule has 0 N–H and O–H groups in total. The van der Waals surface area contributed by atoms with E-state index >= 15 is 0 Å². The predicted molar refractivity (Wildman–Crippen MR) is 57.6 cm³/mol. The van der Waals surface area contributed by atoms with Crippen LogP contribution in [0.1, 0.15) is 24.4 Å². The van der Waals surface area contributed by atoms with Crippen molar-refractivity contribution in [1.82, 2.24) is 4.90 Å². The third-order valence-electron chi connectivity index (χ3n) is 3.00. The van der Waals surface area contributed by atoms with Crippen LogP contribution in [0.15, 0.2) is 24.3 Å². The highest BCUT2D eigenvalue weighted by Crippen LogP contribution is 2.31. The standard InChI is InChI=1S/C12H17NO/c1-13-8-4-7-12(13)10-5-3-6-11(9-10)14-2/h3,5-6,9,12H,4,7-8H2,1-2H3/t12-/m0/s1. The molecule has 0 spiro atoms. The Balaban J connectivity index is 2.22. The van der Waals surface area contributed by atoms with Crippen molar-refractivity contribution < 1.29 is 4.74 Å². The van der Waals surface area contributed by atoms with Gasteiger partial charge in [0.1, 0.15) is 5.75 Å². The Labute approximate surface area is 85.5 Å². The van der Waals surface area contributed by atoms with Crippen molar-refractivity contribution >= 4 is 0 Å². The van der Waals surface area contributed by atoms with E-state index in [9.17, 15) is 0 Å². The van der Waals surface area contributed by atoms with Crippen LogP contribution in [0, 0.1) is 0 Å². The van der Waals surface area contributed by atoms with Crippen LogP contribution in [0.3, 0.4) is 0 Å². The van der Waals surface area contributed by atoms with Crippen LogP contribution in [0.4, 0.5) is 0 Å². The van der Waals surface area contributed by atoms with Crippen molar-refractivity contribution in [2.24, 2.45) is 0 Å². The van der Waals surface area contributed by atoms with E-state index < -0.39 is 0 Å². The maximum absolute atomic E-state index is 5.23. The summed E-state index contributed by atoms with van der Waals surface area (Å²) in [7, 11) is 3.91. The maximum Gasteiger partial charge on any atom is 0.119 e. The minimum atomic E-state index is 0.588. The molecule has 2 heteroatoms. The SMILES string of the molecule is COc1cccc([C@@H]2CCCN2C)c1. The summed E-state index contributed by atoms with van der Waals surface area (Å²) in [6, 6.07) is 8.99. The third-order valence-corrected chi connectivity index (χ3v) is 3.00. The first-order valence-corrected chi connectivity index (χ1v) is 5.15. The third kappa shape index (κ3) is 1.75. The minimum absolute atomic E-state index is 0.588. The Morgan fingerprint density at radius 3 is 2.93 bits per heavy atom. The zero-order valence-electron chi connectivity index (χ0n) is 8.86. The van der Waals surface area contributed by atoms with Gasteiger partial charge in [0.2, 0.25) is 0 Å². The van der Waals surface area contributed by atoms with Crippen molar-refractivity contribution in [1.29, 1.82) is 0 Å². The number of rotatable bonds is 2. The molecule has 1 heterocycles. The van der Waals surface area contributed by atoms with E-state index in [2.05, 4.69) is 30.1 Å². The first kappa shape index (κ1) is 9.53. The van der Waals surface area contributed by atoms with Crippen LogP contribution in [0.25, 0.3) is 0 Å². The summed E-state index contributed by atoms with van der Waals surface area (Å²) < 4.78 is 5.23. The average Bonchev–Trinajstić information content (AvgIpc) is 2.65. The van der Waals surface area contributed by atoms with Gasteiger partial charge in [-0.25, -0.2) is 0 Å². The molecule has 76 valence electrons.